The molecule has 1 aromatic carbocycles. The summed E-state index contributed by atoms with van der Waals surface area (Å²) in [6.07, 6.45) is 1.70. The molecule has 19 heavy (non-hydrogen) atoms. The molecule has 2 aromatic rings. The maximum atomic E-state index is 11.8. The quantitative estimate of drug-likeness (QED) is 0.823. The smallest absolute Gasteiger partial charge is 0.328 e. The van der Waals surface area contributed by atoms with Gasteiger partial charge in [-0.05, 0) is 13.0 Å². The summed E-state index contributed by atoms with van der Waals surface area (Å²) < 4.78 is 6.13. The van der Waals surface area contributed by atoms with Crippen molar-refractivity contribution in [2.24, 2.45) is 0 Å². The number of hydrogen-bond acceptors (Lipinski definition) is 4. The van der Waals surface area contributed by atoms with Crippen LogP contribution in [-0.4, -0.2) is 34.8 Å². The van der Waals surface area contributed by atoms with Crippen LogP contribution in [0.5, 0.6) is 0 Å². The van der Waals surface area contributed by atoms with Gasteiger partial charge >= 0.3 is 5.97 Å². The van der Waals surface area contributed by atoms with Crippen molar-refractivity contribution < 1.29 is 14.3 Å². The van der Waals surface area contributed by atoms with Gasteiger partial charge in [-0.2, -0.15) is 5.10 Å². The number of carbonyl (C=O) groups excluding carboxylic acids is 2. The Morgan fingerprint density at radius 3 is 2.89 bits per heavy atom. The largest absolute Gasteiger partial charge is 0.467 e. The molecule has 1 heterocycles. The van der Waals surface area contributed by atoms with Gasteiger partial charge in [-0.25, -0.2) is 4.79 Å². The molecule has 2 rings (SSSR count). The number of para-hydroxylation sites is 1. The van der Waals surface area contributed by atoms with Crippen LogP contribution in [-0.2, 0) is 20.9 Å². The number of ether oxygens (including phenoxy) is 1. The van der Waals surface area contributed by atoms with Crippen molar-refractivity contribution in [1.82, 2.24) is 15.1 Å². The molecule has 0 saturated carbocycles. The highest BCUT2D eigenvalue weighted by molar-refractivity contribution is 5.85. The molecule has 100 valence electrons. The summed E-state index contributed by atoms with van der Waals surface area (Å²) in [6, 6.07) is 6.94. The fourth-order valence-electron chi connectivity index (χ4n) is 1.81. The molecule has 1 N–H and O–H groups in total. The first-order valence-electron chi connectivity index (χ1n) is 5.89. The van der Waals surface area contributed by atoms with Gasteiger partial charge in [0.15, 0.2) is 0 Å². The van der Waals surface area contributed by atoms with Crippen molar-refractivity contribution in [2.75, 3.05) is 7.11 Å². The number of benzene rings is 1. The van der Waals surface area contributed by atoms with E-state index in [-0.39, 0.29) is 12.5 Å². The van der Waals surface area contributed by atoms with Crippen molar-refractivity contribution in [1.29, 1.82) is 0 Å². The van der Waals surface area contributed by atoms with E-state index in [1.54, 1.807) is 17.8 Å². The summed E-state index contributed by atoms with van der Waals surface area (Å²) in [5.41, 5.74) is 0.878. The van der Waals surface area contributed by atoms with E-state index in [9.17, 15) is 9.59 Å². The number of amides is 1. The van der Waals surface area contributed by atoms with Crippen LogP contribution in [0.15, 0.2) is 30.5 Å². The molecule has 0 spiro atoms. The van der Waals surface area contributed by atoms with E-state index in [0.717, 1.165) is 10.9 Å². The van der Waals surface area contributed by atoms with Crippen molar-refractivity contribution in [3.8, 4) is 0 Å². The molecule has 1 atom stereocenters. The summed E-state index contributed by atoms with van der Waals surface area (Å²) in [5.74, 6) is -0.759. The van der Waals surface area contributed by atoms with Crippen molar-refractivity contribution >= 4 is 22.8 Å². The van der Waals surface area contributed by atoms with Gasteiger partial charge < -0.3 is 10.1 Å². The molecule has 0 unspecified atom stereocenters. The lowest BCUT2D eigenvalue weighted by Crippen LogP contribution is -2.40. The predicted octanol–water partition coefficient (Wildman–Crippen LogP) is 0.714. The maximum Gasteiger partial charge on any atom is 0.328 e. The van der Waals surface area contributed by atoms with Crippen LogP contribution in [0.1, 0.15) is 6.92 Å². The summed E-state index contributed by atoms with van der Waals surface area (Å²) in [4.78, 5) is 23.0. The maximum absolute atomic E-state index is 11.8. The van der Waals surface area contributed by atoms with Crippen LogP contribution in [0.2, 0.25) is 0 Å². The van der Waals surface area contributed by atoms with E-state index in [2.05, 4.69) is 15.2 Å². The molecule has 6 nitrogen and oxygen atoms in total. The molecule has 0 aliphatic carbocycles. The molecule has 0 aliphatic heterocycles. The molecular weight excluding hydrogens is 246 g/mol. The highest BCUT2D eigenvalue weighted by atomic mass is 16.5. The number of aromatic nitrogens is 2. The normalized spacial score (nSPS) is 12.1. The van der Waals surface area contributed by atoms with E-state index in [4.69, 9.17) is 0 Å². The van der Waals surface area contributed by atoms with Gasteiger partial charge in [-0.15, -0.1) is 0 Å². The summed E-state index contributed by atoms with van der Waals surface area (Å²) in [6.45, 7) is 1.64. The highest BCUT2D eigenvalue weighted by Crippen LogP contribution is 2.12. The molecule has 0 saturated heterocycles. The third kappa shape index (κ3) is 2.90. The van der Waals surface area contributed by atoms with E-state index in [0.29, 0.717) is 0 Å². The van der Waals surface area contributed by atoms with Gasteiger partial charge in [0, 0.05) is 5.39 Å². The van der Waals surface area contributed by atoms with Gasteiger partial charge in [0.1, 0.15) is 12.6 Å². The predicted molar refractivity (Wildman–Crippen MR) is 69.4 cm³/mol. The fourth-order valence-corrected chi connectivity index (χ4v) is 1.81. The van der Waals surface area contributed by atoms with Crippen LogP contribution in [0.25, 0.3) is 10.9 Å². The second-order valence-electron chi connectivity index (χ2n) is 4.17. The third-order valence-electron chi connectivity index (χ3n) is 2.78. The number of methoxy groups -OCH3 is 1. The first kappa shape index (κ1) is 13.1. The van der Waals surface area contributed by atoms with Gasteiger partial charge in [0.25, 0.3) is 0 Å². The van der Waals surface area contributed by atoms with E-state index < -0.39 is 12.0 Å². The molecule has 6 heteroatoms. The van der Waals surface area contributed by atoms with Crippen molar-refractivity contribution in [3.05, 3.63) is 30.5 Å². The lowest BCUT2D eigenvalue weighted by Gasteiger charge is -2.11. The molecule has 0 radical (unpaired) electrons. The Morgan fingerprint density at radius 2 is 2.16 bits per heavy atom. The second-order valence-corrected chi connectivity index (χ2v) is 4.17. The Labute approximate surface area is 110 Å². The number of carbonyl (C=O) groups is 2. The number of hydrogen-bond donors (Lipinski definition) is 1. The lowest BCUT2D eigenvalue weighted by atomic mass is 10.2. The molecule has 1 aromatic heterocycles. The van der Waals surface area contributed by atoms with Crippen LogP contribution in [0.3, 0.4) is 0 Å². The standard InChI is InChI=1S/C13H15N3O3/c1-9(13(18)19-2)15-12(17)8-16-11-6-4-3-5-10(11)7-14-16/h3-7,9H,8H2,1-2H3,(H,15,17)/t9-/m0/s1. The first-order chi connectivity index (χ1) is 9.11. The Balaban J connectivity index is 2.05. The number of nitrogens with zero attached hydrogens (tertiary/aromatic N) is 2. The highest BCUT2D eigenvalue weighted by Gasteiger charge is 2.16. The lowest BCUT2D eigenvalue weighted by molar-refractivity contribution is -0.144. The van der Waals surface area contributed by atoms with E-state index in [1.807, 2.05) is 24.3 Å². The molecule has 0 bridgehead atoms. The van der Waals surface area contributed by atoms with Crippen molar-refractivity contribution in [3.63, 3.8) is 0 Å². The number of fused-ring (bicyclic) bond motifs is 1. The molecule has 0 aliphatic rings. The van der Waals surface area contributed by atoms with Crippen LogP contribution in [0, 0.1) is 0 Å². The Hall–Kier alpha value is -2.37. The minimum absolute atomic E-state index is 0.0643. The van der Waals surface area contributed by atoms with Gasteiger partial charge in [-0.3, -0.25) is 9.48 Å². The third-order valence-corrected chi connectivity index (χ3v) is 2.78. The summed E-state index contributed by atoms with van der Waals surface area (Å²) in [7, 11) is 1.28. The fraction of sp³-hybridized carbons (Fsp3) is 0.308. The number of nitrogens with one attached hydrogen (secondary N) is 1. The van der Waals surface area contributed by atoms with E-state index in [1.165, 1.54) is 7.11 Å². The minimum Gasteiger partial charge on any atom is -0.467 e. The summed E-state index contributed by atoms with van der Waals surface area (Å²) in [5, 5.41) is 7.68. The number of rotatable bonds is 4. The zero-order valence-corrected chi connectivity index (χ0v) is 10.8. The van der Waals surface area contributed by atoms with Crippen LogP contribution in [0.4, 0.5) is 0 Å². The van der Waals surface area contributed by atoms with Gasteiger partial charge in [0.05, 0.1) is 18.8 Å². The Kier molecular flexibility index (Phi) is 3.79. The SMILES string of the molecule is COC(=O)[C@H](C)NC(=O)Cn1ncc2ccccc21. The van der Waals surface area contributed by atoms with Crippen molar-refractivity contribution in [2.45, 2.75) is 19.5 Å². The minimum atomic E-state index is -0.667. The summed E-state index contributed by atoms with van der Waals surface area (Å²) >= 11 is 0. The Bertz CT molecular complexity index is 606. The topological polar surface area (TPSA) is 73.2 Å². The Morgan fingerprint density at radius 1 is 1.42 bits per heavy atom. The monoisotopic (exact) mass is 261 g/mol. The second kappa shape index (κ2) is 5.51. The van der Waals surface area contributed by atoms with Crippen LogP contribution >= 0.6 is 0 Å². The molecule has 0 fully saturated rings. The average molecular weight is 261 g/mol. The van der Waals surface area contributed by atoms with Crippen LogP contribution < -0.4 is 5.32 Å². The zero-order valence-electron chi connectivity index (χ0n) is 10.8. The van der Waals surface area contributed by atoms with Gasteiger partial charge in [-0.1, -0.05) is 18.2 Å². The molecule has 1 amide bonds. The first-order valence-corrected chi connectivity index (χ1v) is 5.89. The number of esters is 1. The van der Waals surface area contributed by atoms with E-state index >= 15 is 0 Å². The van der Waals surface area contributed by atoms with Gasteiger partial charge in [0.2, 0.25) is 5.91 Å². The average Bonchev–Trinajstić information content (AvgIpc) is 2.81. The molecular formula is C13H15N3O3. The zero-order chi connectivity index (χ0) is 13.8.